The highest BCUT2D eigenvalue weighted by molar-refractivity contribution is 7.89. The Balaban J connectivity index is 2.09. The summed E-state index contributed by atoms with van der Waals surface area (Å²) >= 11 is 0. The molecule has 70 valence electrons. The van der Waals surface area contributed by atoms with Crippen LogP contribution in [0.25, 0.3) is 0 Å². The molecule has 1 saturated carbocycles. The third kappa shape index (κ3) is 1.26. The van der Waals surface area contributed by atoms with Crippen molar-refractivity contribution in [1.29, 1.82) is 0 Å². The van der Waals surface area contributed by atoms with Gasteiger partial charge in [0.1, 0.15) is 0 Å². The zero-order valence-corrected chi connectivity index (χ0v) is 7.86. The Hall–Kier alpha value is -0.130. The number of hydrogen-bond donors (Lipinski definition) is 1. The van der Waals surface area contributed by atoms with Gasteiger partial charge in [0, 0.05) is 0 Å². The largest absolute Gasteiger partial charge is 0.373 e. The smallest absolute Gasteiger partial charge is 0.211 e. The Morgan fingerprint density at radius 1 is 1.50 bits per heavy atom. The van der Waals surface area contributed by atoms with Gasteiger partial charge in [0.15, 0.2) is 0 Å². The van der Waals surface area contributed by atoms with Crippen LogP contribution in [0.1, 0.15) is 19.8 Å². The first-order chi connectivity index (χ1) is 5.33. The van der Waals surface area contributed by atoms with E-state index in [0.29, 0.717) is 6.61 Å². The fourth-order valence-electron chi connectivity index (χ4n) is 2.55. The average Bonchev–Trinajstić information content (AvgIpc) is 2.13. The van der Waals surface area contributed by atoms with Gasteiger partial charge in [-0.3, -0.25) is 0 Å². The first-order valence-electron chi connectivity index (χ1n) is 3.97. The van der Waals surface area contributed by atoms with E-state index in [-0.39, 0.29) is 11.2 Å². The minimum atomic E-state index is -3.38. The summed E-state index contributed by atoms with van der Waals surface area (Å²) < 4.78 is 27.1. The summed E-state index contributed by atoms with van der Waals surface area (Å²) in [7, 11) is -3.38. The third-order valence-electron chi connectivity index (χ3n) is 2.69. The molecule has 2 N–H and O–H groups in total. The summed E-state index contributed by atoms with van der Waals surface area (Å²) in [4.78, 5) is 0. The molecule has 0 aromatic heterocycles. The summed E-state index contributed by atoms with van der Waals surface area (Å²) in [6.07, 6.45) is 1.69. The Bertz CT molecular complexity index is 303. The van der Waals surface area contributed by atoms with E-state index in [1.165, 1.54) is 0 Å². The predicted octanol–water partition coefficient (Wildman–Crippen LogP) is -0.156. The summed E-state index contributed by atoms with van der Waals surface area (Å²) in [6.45, 7) is 2.80. The number of rotatable bonds is 2. The van der Waals surface area contributed by atoms with Crippen molar-refractivity contribution >= 4 is 10.0 Å². The molecule has 0 aromatic carbocycles. The van der Waals surface area contributed by atoms with Gasteiger partial charge in [0.25, 0.3) is 0 Å². The summed E-state index contributed by atoms with van der Waals surface area (Å²) in [5, 5.41) is 4.96. The van der Waals surface area contributed by atoms with Crippen LogP contribution in [0.5, 0.6) is 0 Å². The summed E-state index contributed by atoms with van der Waals surface area (Å²) in [5.74, 6) is -0.0183. The van der Waals surface area contributed by atoms with Crippen molar-refractivity contribution < 1.29 is 13.2 Å². The fraction of sp³-hybridized carbons (Fsp3) is 1.00. The van der Waals surface area contributed by atoms with Crippen LogP contribution in [-0.2, 0) is 14.8 Å². The third-order valence-corrected chi connectivity index (χ3v) is 3.62. The van der Waals surface area contributed by atoms with Crippen LogP contribution in [0, 0.1) is 5.41 Å². The molecule has 2 heterocycles. The number of hydrogen-bond acceptors (Lipinski definition) is 3. The van der Waals surface area contributed by atoms with Crippen molar-refractivity contribution in [3.8, 4) is 0 Å². The maximum atomic E-state index is 10.8. The zero-order valence-electron chi connectivity index (χ0n) is 7.04. The topological polar surface area (TPSA) is 69.4 Å². The monoisotopic (exact) mass is 191 g/mol. The van der Waals surface area contributed by atoms with Gasteiger partial charge in [-0.15, -0.1) is 0 Å². The van der Waals surface area contributed by atoms with Crippen molar-refractivity contribution in [3.63, 3.8) is 0 Å². The van der Waals surface area contributed by atoms with Crippen molar-refractivity contribution in [2.24, 2.45) is 10.6 Å². The van der Waals surface area contributed by atoms with E-state index in [0.717, 1.165) is 12.8 Å². The van der Waals surface area contributed by atoms with Crippen LogP contribution < -0.4 is 5.14 Å². The predicted molar refractivity (Wildman–Crippen MR) is 44.0 cm³/mol. The molecule has 0 unspecified atom stereocenters. The maximum Gasteiger partial charge on any atom is 0.211 e. The van der Waals surface area contributed by atoms with Crippen LogP contribution in [0.15, 0.2) is 0 Å². The lowest BCUT2D eigenvalue weighted by atomic mass is 9.65. The maximum absolute atomic E-state index is 10.8. The van der Waals surface area contributed by atoms with E-state index < -0.39 is 15.6 Å². The highest BCUT2D eigenvalue weighted by atomic mass is 32.2. The zero-order chi connectivity index (χ0) is 9.04. The molecular formula is C7H13NO3S. The molecule has 0 radical (unpaired) electrons. The van der Waals surface area contributed by atoms with E-state index in [4.69, 9.17) is 9.88 Å². The minimum Gasteiger partial charge on any atom is -0.373 e. The number of primary sulfonamides is 1. The summed E-state index contributed by atoms with van der Waals surface area (Å²) in [6, 6.07) is 0. The van der Waals surface area contributed by atoms with Gasteiger partial charge in [-0.25, -0.2) is 13.6 Å². The van der Waals surface area contributed by atoms with Gasteiger partial charge in [0.2, 0.25) is 10.0 Å². The lowest BCUT2D eigenvalue weighted by molar-refractivity contribution is 0.0104. The standard InChI is InChI=1S/C7H13NO3S/c1-6-2-7(3-6,11-4-6)5-12(8,9)10/h2-5H2,1H3,(H2,8,9,10). The Kier molecular flexibility index (Phi) is 1.43. The lowest BCUT2D eigenvalue weighted by Gasteiger charge is -2.41. The molecule has 2 aliphatic heterocycles. The van der Waals surface area contributed by atoms with Crippen LogP contribution in [-0.4, -0.2) is 26.4 Å². The second-order valence-corrected chi connectivity index (χ2v) is 6.06. The second kappa shape index (κ2) is 2.02. The molecule has 12 heavy (non-hydrogen) atoms. The second-order valence-electron chi connectivity index (χ2n) is 4.44. The van der Waals surface area contributed by atoms with E-state index in [1.54, 1.807) is 0 Å². The van der Waals surface area contributed by atoms with Gasteiger partial charge in [-0.1, -0.05) is 6.92 Å². The first-order valence-corrected chi connectivity index (χ1v) is 5.69. The lowest BCUT2D eigenvalue weighted by Crippen LogP contribution is -2.48. The van der Waals surface area contributed by atoms with Gasteiger partial charge >= 0.3 is 0 Å². The molecule has 2 bridgehead atoms. The quantitative estimate of drug-likeness (QED) is 0.659. The van der Waals surface area contributed by atoms with Gasteiger partial charge in [-0.2, -0.15) is 0 Å². The van der Waals surface area contributed by atoms with Gasteiger partial charge in [-0.05, 0) is 18.3 Å². The molecule has 0 aromatic rings. The molecule has 1 aliphatic carbocycles. The number of nitrogens with two attached hydrogens (primary N) is 1. The SMILES string of the molecule is CC12COC(CS(N)(=O)=O)(C1)C2. The van der Waals surface area contributed by atoms with Crippen LogP contribution in [0.2, 0.25) is 0 Å². The molecule has 3 aliphatic rings. The normalized spacial score (nSPS) is 45.8. The molecular weight excluding hydrogens is 178 g/mol. The van der Waals surface area contributed by atoms with Gasteiger partial charge < -0.3 is 4.74 Å². The molecule has 3 fully saturated rings. The van der Waals surface area contributed by atoms with Crippen LogP contribution in [0.3, 0.4) is 0 Å². The van der Waals surface area contributed by atoms with Crippen molar-refractivity contribution in [1.82, 2.24) is 0 Å². The number of sulfonamides is 1. The van der Waals surface area contributed by atoms with Crippen molar-refractivity contribution in [2.75, 3.05) is 12.4 Å². The van der Waals surface area contributed by atoms with Crippen molar-refractivity contribution in [3.05, 3.63) is 0 Å². The Labute approximate surface area is 72.1 Å². The molecule has 5 heteroatoms. The molecule has 0 spiro atoms. The summed E-state index contributed by atoms with van der Waals surface area (Å²) in [5.41, 5.74) is -0.201. The first kappa shape index (κ1) is 8.47. The highest BCUT2D eigenvalue weighted by Crippen LogP contribution is 2.57. The number of ether oxygens (including phenoxy) is 1. The van der Waals surface area contributed by atoms with E-state index in [1.807, 2.05) is 0 Å². The highest BCUT2D eigenvalue weighted by Gasteiger charge is 2.60. The van der Waals surface area contributed by atoms with Crippen LogP contribution >= 0.6 is 0 Å². The molecule has 4 nitrogen and oxygen atoms in total. The molecule has 3 rings (SSSR count). The molecule has 0 atom stereocenters. The Morgan fingerprint density at radius 2 is 2.08 bits per heavy atom. The van der Waals surface area contributed by atoms with Crippen LogP contribution in [0.4, 0.5) is 0 Å². The van der Waals surface area contributed by atoms with E-state index in [9.17, 15) is 8.42 Å². The van der Waals surface area contributed by atoms with E-state index >= 15 is 0 Å². The average molecular weight is 191 g/mol. The number of fused-ring (bicyclic) bond motifs is 1. The Morgan fingerprint density at radius 3 is 2.42 bits per heavy atom. The fourth-order valence-corrected chi connectivity index (χ4v) is 3.57. The minimum absolute atomic E-state index is 0.0183. The molecule has 0 amide bonds. The van der Waals surface area contributed by atoms with Gasteiger partial charge in [0.05, 0.1) is 18.0 Å². The molecule has 2 saturated heterocycles. The van der Waals surface area contributed by atoms with E-state index in [2.05, 4.69) is 6.92 Å². The van der Waals surface area contributed by atoms with Crippen molar-refractivity contribution in [2.45, 2.75) is 25.4 Å².